The van der Waals surface area contributed by atoms with Crippen molar-refractivity contribution in [3.63, 3.8) is 0 Å². The van der Waals surface area contributed by atoms with Crippen molar-refractivity contribution in [2.75, 3.05) is 0 Å². The predicted octanol–water partition coefficient (Wildman–Crippen LogP) is 3.42. The third-order valence-corrected chi connectivity index (χ3v) is 3.78. The van der Waals surface area contributed by atoms with Gasteiger partial charge in [-0.3, -0.25) is 4.98 Å². The summed E-state index contributed by atoms with van der Waals surface area (Å²) in [5, 5.41) is 18.1. The van der Waals surface area contributed by atoms with Gasteiger partial charge in [-0.05, 0) is 44.2 Å². The van der Waals surface area contributed by atoms with E-state index in [-0.39, 0.29) is 5.56 Å². The van der Waals surface area contributed by atoms with Crippen LogP contribution in [0.3, 0.4) is 0 Å². The fourth-order valence-electron chi connectivity index (χ4n) is 1.80. The molecule has 0 aliphatic rings. The number of benzene rings is 1. The highest BCUT2D eigenvalue weighted by Gasteiger charge is 2.10. The summed E-state index contributed by atoms with van der Waals surface area (Å²) in [6, 6.07) is 10.6. The number of carboxylic acids is 1. The lowest BCUT2D eigenvalue weighted by Gasteiger charge is -2.07. The summed E-state index contributed by atoms with van der Waals surface area (Å²) in [6.45, 7) is 3.69. The van der Waals surface area contributed by atoms with Gasteiger partial charge in [0.25, 0.3) is 0 Å². The van der Waals surface area contributed by atoms with Crippen molar-refractivity contribution in [1.29, 1.82) is 5.26 Å². The lowest BCUT2D eigenvalue weighted by Crippen LogP contribution is -1.95. The molecule has 0 saturated carbocycles. The second-order valence-corrected chi connectivity index (χ2v) is 5.38. The lowest BCUT2D eigenvalue weighted by molar-refractivity contribution is 0.0697. The molecule has 20 heavy (non-hydrogen) atoms. The molecule has 0 saturated heterocycles. The first-order valence-corrected chi connectivity index (χ1v) is 6.72. The molecule has 1 aromatic carbocycles. The van der Waals surface area contributed by atoms with E-state index < -0.39 is 5.97 Å². The fraction of sp³-hybridized carbons (Fsp3) is 0.133. The van der Waals surface area contributed by atoms with Gasteiger partial charge < -0.3 is 5.11 Å². The van der Waals surface area contributed by atoms with E-state index in [1.807, 2.05) is 19.9 Å². The van der Waals surface area contributed by atoms with Crippen LogP contribution in [0.2, 0.25) is 0 Å². The molecule has 1 heterocycles. The van der Waals surface area contributed by atoms with Crippen molar-refractivity contribution in [3.8, 4) is 6.07 Å². The molecule has 2 aromatic rings. The van der Waals surface area contributed by atoms with Crippen LogP contribution in [0, 0.1) is 25.2 Å². The highest BCUT2D eigenvalue weighted by atomic mass is 32.2. The summed E-state index contributed by atoms with van der Waals surface area (Å²) in [5.74, 6) is -0.949. The molecule has 100 valence electrons. The van der Waals surface area contributed by atoms with Crippen LogP contribution in [-0.4, -0.2) is 16.1 Å². The Balaban J connectivity index is 2.35. The van der Waals surface area contributed by atoms with Gasteiger partial charge in [-0.2, -0.15) is 5.26 Å². The zero-order chi connectivity index (χ0) is 14.7. The van der Waals surface area contributed by atoms with E-state index in [0.29, 0.717) is 11.3 Å². The van der Waals surface area contributed by atoms with Crippen LogP contribution in [0.1, 0.15) is 27.3 Å². The number of aromatic carboxylic acids is 1. The first-order chi connectivity index (χ1) is 9.51. The minimum Gasteiger partial charge on any atom is -0.478 e. The van der Waals surface area contributed by atoms with Gasteiger partial charge in [0.2, 0.25) is 0 Å². The molecule has 0 amide bonds. The molecule has 0 spiro atoms. The van der Waals surface area contributed by atoms with Crippen LogP contribution >= 0.6 is 11.8 Å². The summed E-state index contributed by atoms with van der Waals surface area (Å²) >= 11 is 1.43. The van der Waals surface area contributed by atoms with Crippen LogP contribution in [0.25, 0.3) is 0 Å². The summed E-state index contributed by atoms with van der Waals surface area (Å²) < 4.78 is 0. The molecule has 0 fully saturated rings. The van der Waals surface area contributed by atoms with E-state index in [2.05, 4.69) is 11.1 Å². The van der Waals surface area contributed by atoms with Gasteiger partial charge in [-0.1, -0.05) is 11.8 Å². The normalized spacial score (nSPS) is 10.1. The van der Waals surface area contributed by atoms with Crippen LogP contribution in [0.4, 0.5) is 0 Å². The van der Waals surface area contributed by atoms with E-state index in [9.17, 15) is 10.1 Å². The van der Waals surface area contributed by atoms with Gasteiger partial charge in [-0.25, -0.2) is 4.79 Å². The van der Waals surface area contributed by atoms with Crippen molar-refractivity contribution in [1.82, 2.24) is 4.98 Å². The number of aromatic nitrogens is 1. The first-order valence-electron chi connectivity index (χ1n) is 5.91. The van der Waals surface area contributed by atoms with E-state index in [1.165, 1.54) is 11.8 Å². The van der Waals surface area contributed by atoms with Crippen molar-refractivity contribution >= 4 is 17.7 Å². The third-order valence-electron chi connectivity index (χ3n) is 2.73. The summed E-state index contributed by atoms with van der Waals surface area (Å²) in [5.41, 5.74) is 2.36. The van der Waals surface area contributed by atoms with Crippen molar-refractivity contribution in [3.05, 3.63) is 52.8 Å². The minimum absolute atomic E-state index is 0.247. The Hall–Kier alpha value is -2.32. The molecule has 1 N–H and O–H groups in total. The standard InChI is InChI=1S/C15H12N2O2S/c1-9-7-14(13(8-16)10(2)17-9)20-12-5-3-11(4-6-12)15(18)19/h3-7H,1-2H3,(H,18,19). The van der Waals surface area contributed by atoms with Gasteiger partial charge in [-0.15, -0.1) is 0 Å². The molecule has 0 atom stereocenters. The van der Waals surface area contributed by atoms with E-state index in [1.54, 1.807) is 24.3 Å². The topological polar surface area (TPSA) is 74.0 Å². The highest BCUT2D eigenvalue weighted by Crippen LogP contribution is 2.31. The average molecular weight is 284 g/mol. The number of carboxylic acid groups (broad SMARTS) is 1. The predicted molar refractivity (Wildman–Crippen MR) is 76.0 cm³/mol. The number of hydrogen-bond acceptors (Lipinski definition) is 4. The van der Waals surface area contributed by atoms with E-state index in [4.69, 9.17) is 5.11 Å². The molecular weight excluding hydrogens is 272 g/mol. The van der Waals surface area contributed by atoms with Crippen LogP contribution in [0.15, 0.2) is 40.1 Å². The zero-order valence-electron chi connectivity index (χ0n) is 11.0. The Labute approximate surface area is 121 Å². The molecule has 0 aliphatic carbocycles. The summed E-state index contributed by atoms with van der Waals surface area (Å²) in [4.78, 5) is 16.8. The number of rotatable bonds is 3. The maximum Gasteiger partial charge on any atom is 0.335 e. The van der Waals surface area contributed by atoms with Gasteiger partial charge in [0, 0.05) is 15.5 Å². The zero-order valence-corrected chi connectivity index (χ0v) is 11.9. The number of pyridine rings is 1. The molecule has 4 nitrogen and oxygen atoms in total. The quantitative estimate of drug-likeness (QED) is 0.934. The summed E-state index contributed by atoms with van der Waals surface area (Å²) in [7, 11) is 0. The van der Waals surface area contributed by atoms with Gasteiger partial charge in [0.05, 0.1) is 16.8 Å². The average Bonchev–Trinajstić information content (AvgIpc) is 2.39. The molecule has 0 bridgehead atoms. The molecule has 0 aliphatic heterocycles. The maximum atomic E-state index is 10.8. The first kappa shape index (κ1) is 14.1. The molecule has 0 unspecified atom stereocenters. The molecule has 1 aromatic heterocycles. The van der Waals surface area contributed by atoms with Crippen molar-refractivity contribution in [2.24, 2.45) is 0 Å². The molecule has 5 heteroatoms. The SMILES string of the molecule is Cc1cc(Sc2ccc(C(=O)O)cc2)c(C#N)c(C)n1. The Morgan fingerprint density at radius 1 is 1.30 bits per heavy atom. The Kier molecular flexibility index (Phi) is 4.06. The number of carbonyl (C=O) groups is 1. The highest BCUT2D eigenvalue weighted by molar-refractivity contribution is 7.99. The van der Waals surface area contributed by atoms with Crippen LogP contribution < -0.4 is 0 Å². The summed E-state index contributed by atoms with van der Waals surface area (Å²) in [6.07, 6.45) is 0. The number of nitrogens with zero attached hydrogens (tertiary/aromatic N) is 2. The second kappa shape index (κ2) is 5.76. The third kappa shape index (κ3) is 2.98. The number of nitriles is 1. The van der Waals surface area contributed by atoms with Crippen molar-refractivity contribution in [2.45, 2.75) is 23.6 Å². The Bertz CT molecular complexity index is 703. The molecule has 0 radical (unpaired) electrons. The number of hydrogen-bond donors (Lipinski definition) is 1. The smallest absolute Gasteiger partial charge is 0.335 e. The van der Waals surface area contributed by atoms with Gasteiger partial charge in [0.1, 0.15) is 6.07 Å². The van der Waals surface area contributed by atoms with Crippen LogP contribution in [-0.2, 0) is 0 Å². The lowest BCUT2D eigenvalue weighted by atomic mass is 10.2. The molecular formula is C15H12N2O2S. The van der Waals surface area contributed by atoms with Gasteiger partial charge in [0.15, 0.2) is 0 Å². The second-order valence-electron chi connectivity index (χ2n) is 4.27. The largest absolute Gasteiger partial charge is 0.478 e. The van der Waals surface area contributed by atoms with E-state index >= 15 is 0 Å². The maximum absolute atomic E-state index is 10.8. The Morgan fingerprint density at radius 2 is 1.95 bits per heavy atom. The number of aryl methyl sites for hydroxylation is 2. The van der Waals surface area contributed by atoms with E-state index in [0.717, 1.165) is 15.5 Å². The van der Waals surface area contributed by atoms with Gasteiger partial charge >= 0.3 is 5.97 Å². The fourth-order valence-corrected chi connectivity index (χ4v) is 2.85. The van der Waals surface area contributed by atoms with Crippen LogP contribution in [0.5, 0.6) is 0 Å². The monoisotopic (exact) mass is 284 g/mol. The minimum atomic E-state index is -0.949. The van der Waals surface area contributed by atoms with Crippen molar-refractivity contribution < 1.29 is 9.90 Å². The molecule has 2 rings (SSSR count). The Morgan fingerprint density at radius 3 is 2.50 bits per heavy atom.